The first-order valence-electron chi connectivity index (χ1n) is 6.78. The van der Waals surface area contributed by atoms with Gasteiger partial charge in [-0.1, -0.05) is 6.07 Å². The van der Waals surface area contributed by atoms with Crippen LogP contribution in [-0.4, -0.2) is 38.3 Å². The quantitative estimate of drug-likeness (QED) is 0.832. The summed E-state index contributed by atoms with van der Waals surface area (Å²) >= 11 is 0. The van der Waals surface area contributed by atoms with Crippen molar-refractivity contribution in [1.29, 1.82) is 0 Å². The minimum atomic E-state index is 0.699. The lowest BCUT2D eigenvalue weighted by atomic mass is 9.86. The highest BCUT2D eigenvalue weighted by atomic mass is 16.5. The van der Waals surface area contributed by atoms with Crippen molar-refractivity contribution in [2.45, 2.75) is 25.7 Å². The zero-order chi connectivity index (χ0) is 13.0. The molecular formula is C15H24N2O. The van der Waals surface area contributed by atoms with Crippen LogP contribution in [0.2, 0.25) is 0 Å². The maximum Gasteiger partial charge on any atom is 0.0589 e. The van der Waals surface area contributed by atoms with E-state index in [0.717, 1.165) is 18.8 Å². The summed E-state index contributed by atoms with van der Waals surface area (Å²) in [7, 11) is 1.77. The Balaban J connectivity index is 1.93. The lowest BCUT2D eigenvalue weighted by molar-refractivity contribution is 0.130. The Morgan fingerprint density at radius 1 is 1.33 bits per heavy atom. The Kier molecular flexibility index (Phi) is 4.61. The highest BCUT2D eigenvalue weighted by molar-refractivity contribution is 5.45. The fourth-order valence-electron chi connectivity index (χ4n) is 2.84. The van der Waals surface area contributed by atoms with Crippen molar-refractivity contribution in [2.24, 2.45) is 0 Å². The number of anilines is 1. The van der Waals surface area contributed by atoms with Gasteiger partial charge in [-0.2, -0.15) is 0 Å². The van der Waals surface area contributed by atoms with E-state index in [1.165, 1.54) is 37.1 Å². The standard InChI is InChI=1S/C15H24N2O/c1-12-11-14(16)3-4-15(12)13-5-7-17(8-6-13)9-10-18-2/h3-4,11,13H,5-10,16H2,1-2H3. The van der Waals surface area contributed by atoms with Gasteiger partial charge in [0.25, 0.3) is 0 Å². The first-order valence-corrected chi connectivity index (χ1v) is 6.78. The van der Waals surface area contributed by atoms with Crippen molar-refractivity contribution >= 4 is 5.69 Å². The fourth-order valence-corrected chi connectivity index (χ4v) is 2.84. The van der Waals surface area contributed by atoms with Crippen LogP contribution in [0.4, 0.5) is 5.69 Å². The number of rotatable bonds is 4. The van der Waals surface area contributed by atoms with E-state index in [-0.39, 0.29) is 0 Å². The molecule has 0 saturated carbocycles. The molecule has 3 heteroatoms. The third kappa shape index (κ3) is 3.24. The largest absolute Gasteiger partial charge is 0.399 e. The van der Waals surface area contributed by atoms with Gasteiger partial charge in [0.15, 0.2) is 0 Å². The molecule has 0 bridgehead atoms. The van der Waals surface area contributed by atoms with Gasteiger partial charge >= 0.3 is 0 Å². The van der Waals surface area contributed by atoms with Crippen LogP contribution in [-0.2, 0) is 4.74 Å². The number of methoxy groups -OCH3 is 1. The van der Waals surface area contributed by atoms with Crippen LogP contribution >= 0.6 is 0 Å². The summed E-state index contributed by atoms with van der Waals surface area (Å²) in [5.41, 5.74) is 9.50. The Labute approximate surface area is 110 Å². The Morgan fingerprint density at radius 3 is 2.67 bits per heavy atom. The van der Waals surface area contributed by atoms with Gasteiger partial charge in [0.1, 0.15) is 0 Å². The van der Waals surface area contributed by atoms with Crippen molar-refractivity contribution in [2.75, 3.05) is 39.1 Å². The second-order valence-electron chi connectivity index (χ2n) is 5.22. The molecule has 0 amide bonds. The summed E-state index contributed by atoms with van der Waals surface area (Å²) in [6.07, 6.45) is 2.49. The molecule has 0 aromatic heterocycles. The molecule has 1 aromatic rings. The van der Waals surface area contributed by atoms with E-state index >= 15 is 0 Å². The van der Waals surface area contributed by atoms with Gasteiger partial charge in [-0.15, -0.1) is 0 Å². The van der Waals surface area contributed by atoms with Crippen LogP contribution in [0.25, 0.3) is 0 Å². The Hall–Kier alpha value is -1.06. The zero-order valence-corrected chi connectivity index (χ0v) is 11.5. The highest BCUT2D eigenvalue weighted by Gasteiger charge is 2.21. The van der Waals surface area contributed by atoms with Gasteiger partial charge in [0, 0.05) is 19.3 Å². The van der Waals surface area contributed by atoms with Crippen LogP contribution in [0.1, 0.15) is 29.9 Å². The van der Waals surface area contributed by atoms with Gasteiger partial charge in [0.2, 0.25) is 0 Å². The van der Waals surface area contributed by atoms with E-state index in [4.69, 9.17) is 10.5 Å². The van der Waals surface area contributed by atoms with E-state index in [1.807, 2.05) is 6.07 Å². The molecule has 1 saturated heterocycles. The normalized spacial score (nSPS) is 18.1. The molecule has 0 aliphatic carbocycles. The van der Waals surface area contributed by atoms with Crippen LogP contribution in [0.15, 0.2) is 18.2 Å². The maximum absolute atomic E-state index is 5.81. The van der Waals surface area contributed by atoms with Gasteiger partial charge in [0.05, 0.1) is 6.61 Å². The molecule has 2 rings (SSSR count). The summed E-state index contributed by atoms with van der Waals surface area (Å²) in [4.78, 5) is 2.49. The average Bonchev–Trinajstić information content (AvgIpc) is 2.37. The summed E-state index contributed by atoms with van der Waals surface area (Å²) in [5, 5.41) is 0. The maximum atomic E-state index is 5.81. The molecule has 100 valence electrons. The minimum absolute atomic E-state index is 0.699. The highest BCUT2D eigenvalue weighted by Crippen LogP contribution is 2.30. The molecule has 1 aromatic carbocycles. The third-order valence-electron chi connectivity index (χ3n) is 3.93. The van der Waals surface area contributed by atoms with Crippen LogP contribution in [0.5, 0.6) is 0 Å². The Morgan fingerprint density at radius 2 is 2.06 bits per heavy atom. The molecule has 1 heterocycles. The van der Waals surface area contributed by atoms with E-state index in [9.17, 15) is 0 Å². The summed E-state index contributed by atoms with van der Waals surface area (Å²) < 4.78 is 5.13. The van der Waals surface area contributed by atoms with E-state index < -0.39 is 0 Å². The molecular weight excluding hydrogens is 224 g/mol. The number of hydrogen-bond acceptors (Lipinski definition) is 3. The van der Waals surface area contributed by atoms with Crippen LogP contribution in [0, 0.1) is 6.92 Å². The van der Waals surface area contributed by atoms with Gasteiger partial charge in [-0.3, -0.25) is 0 Å². The molecule has 0 atom stereocenters. The van der Waals surface area contributed by atoms with E-state index in [1.54, 1.807) is 7.11 Å². The minimum Gasteiger partial charge on any atom is -0.399 e. The molecule has 18 heavy (non-hydrogen) atoms. The van der Waals surface area contributed by atoms with Gasteiger partial charge < -0.3 is 15.4 Å². The summed E-state index contributed by atoms with van der Waals surface area (Å²) in [6.45, 7) is 6.42. The van der Waals surface area contributed by atoms with Crippen molar-refractivity contribution in [3.05, 3.63) is 29.3 Å². The number of benzene rings is 1. The van der Waals surface area contributed by atoms with Crippen molar-refractivity contribution in [1.82, 2.24) is 4.90 Å². The zero-order valence-electron chi connectivity index (χ0n) is 11.5. The second-order valence-corrected chi connectivity index (χ2v) is 5.22. The molecule has 0 spiro atoms. The van der Waals surface area contributed by atoms with Gasteiger partial charge in [-0.05, 0) is 62.0 Å². The SMILES string of the molecule is COCCN1CCC(c2ccc(N)cc2C)CC1. The monoisotopic (exact) mass is 248 g/mol. The van der Waals surface area contributed by atoms with Crippen LogP contribution in [0.3, 0.4) is 0 Å². The molecule has 1 aliphatic rings. The van der Waals surface area contributed by atoms with E-state index in [2.05, 4.69) is 24.0 Å². The number of nitrogens with zero attached hydrogens (tertiary/aromatic N) is 1. The topological polar surface area (TPSA) is 38.5 Å². The molecule has 1 aliphatic heterocycles. The molecule has 0 radical (unpaired) electrons. The van der Waals surface area contributed by atoms with Gasteiger partial charge in [-0.25, -0.2) is 0 Å². The predicted molar refractivity (Wildman–Crippen MR) is 75.9 cm³/mol. The lowest BCUT2D eigenvalue weighted by Gasteiger charge is -2.32. The average molecular weight is 248 g/mol. The van der Waals surface area contributed by atoms with Crippen molar-refractivity contribution in [3.63, 3.8) is 0 Å². The number of nitrogen functional groups attached to an aromatic ring is 1. The number of ether oxygens (including phenoxy) is 1. The molecule has 0 unspecified atom stereocenters. The second kappa shape index (κ2) is 6.21. The number of nitrogens with two attached hydrogens (primary N) is 1. The third-order valence-corrected chi connectivity index (χ3v) is 3.93. The number of likely N-dealkylation sites (tertiary alicyclic amines) is 1. The predicted octanol–water partition coefficient (Wildman–Crippen LogP) is 2.40. The fraction of sp³-hybridized carbons (Fsp3) is 0.600. The molecule has 2 N–H and O–H groups in total. The van der Waals surface area contributed by atoms with E-state index in [0.29, 0.717) is 5.92 Å². The first-order chi connectivity index (χ1) is 8.70. The summed E-state index contributed by atoms with van der Waals surface area (Å²) in [5.74, 6) is 0.699. The molecule has 1 fully saturated rings. The summed E-state index contributed by atoms with van der Waals surface area (Å²) in [6, 6.07) is 6.33. The number of aryl methyl sites for hydroxylation is 1. The van der Waals surface area contributed by atoms with Crippen molar-refractivity contribution in [3.8, 4) is 0 Å². The number of piperidine rings is 1. The lowest BCUT2D eigenvalue weighted by Crippen LogP contribution is -2.35. The van der Waals surface area contributed by atoms with Crippen LogP contribution < -0.4 is 5.73 Å². The smallest absolute Gasteiger partial charge is 0.0589 e. The molecule has 3 nitrogen and oxygen atoms in total. The first kappa shape index (κ1) is 13.4. The number of hydrogen-bond donors (Lipinski definition) is 1. The van der Waals surface area contributed by atoms with Crippen molar-refractivity contribution < 1.29 is 4.74 Å². The Bertz CT molecular complexity index is 384.